The Labute approximate surface area is 403 Å². The number of nitrogens with zero attached hydrogens (tertiary/aromatic N) is 2. The second-order valence-electron chi connectivity index (χ2n) is 18.8. The molecule has 6 nitrogen and oxygen atoms in total. The summed E-state index contributed by atoms with van der Waals surface area (Å²) in [6, 6.07) is 9.08. The third-order valence-corrected chi connectivity index (χ3v) is 11.8. The Morgan fingerprint density at radius 1 is 0.894 bits per heavy atom. The van der Waals surface area contributed by atoms with Crippen LogP contribution < -0.4 is 10.2 Å². The van der Waals surface area contributed by atoms with Crippen LogP contribution in [0.5, 0.6) is 0 Å². The lowest BCUT2D eigenvalue weighted by atomic mass is 9.78. The zero-order valence-electron chi connectivity index (χ0n) is 45.1. The van der Waals surface area contributed by atoms with E-state index in [0.29, 0.717) is 11.3 Å². The van der Waals surface area contributed by atoms with Gasteiger partial charge in [0.15, 0.2) is 0 Å². The van der Waals surface area contributed by atoms with Crippen molar-refractivity contribution in [3.63, 3.8) is 0 Å². The van der Waals surface area contributed by atoms with Gasteiger partial charge in [0, 0.05) is 53.8 Å². The van der Waals surface area contributed by atoms with Gasteiger partial charge in [-0.25, -0.2) is 8.78 Å². The van der Waals surface area contributed by atoms with Gasteiger partial charge in [-0.1, -0.05) is 137 Å². The average Bonchev–Trinajstić information content (AvgIpc) is 3.24. The van der Waals surface area contributed by atoms with Gasteiger partial charge in [-0.3, -0.25) is 19.9 Å². The summed E-state index contributed by atoms with van der Waals surface area (Å²) < 4.78 is 27.3. The minimum Gasteiger partial charge on any atom is -0.372 e. The summed E-state index contributed by atoms with van der Waals surface area (Å²) in [7, 11) is 0. The molecular weight excluding hydrogens is 823 g/mol. The van der Waals surface area contributed by atoms with Crippen LogP contribution in [0.15, 0.2) is 82.5 Å². The van der Waals surface area contributed by atoms with Crippen molar-refractivity contribution in [2.24, 2.45) is 16.8 Å². The highest BCUT2D eigenvalue weighted by molar-refractivity contribution is 6.01. The zero-order valence-corrected chi connectivity index (χ0v) is 45.1. The monoisotopic (exact) mass is 917 g/mol. The van der Waals surface area contributed by atoms with E-state index in [4.69, 9.17) is 5.41 Å². The number of piperidine rings is 1. The Kier molecular flexibility index (Phi) is 33.5. The topological polar surface area (TPSA) is 85.6 Å². The molecule has 2 atom stereocenters. The third-order valence-electron chi connectivity index (χ3n) is 11.8. The standard InChI is InChI=1S/C18H30N2.C12H11F2NO2.C11H19N.C10H22.C7H12/c1-7-11-20(12-8-2)16-9-10-17(14(3)13-16)18(5,6)15(4)19;1-6-4-8(13)11(9(14)5-6)7-2-3-10(16)15-12(7)17;1-6-11(7-2)8-12-10(5)9(3)4;1-5-6-10(4)8-7-9(2)3;1-4-6-7(3)5-2/h9-10,13,19H,7-8,11-12H2,1-6H3;4-5,7H,2-3H2,1H3,(H,15,16,17);6,8H,7H2,1-5H3;9-10H,5-8H2,1-4H3;4,6H,3,5H2,1-2H3/b;;11-6-,12-8?;;6-4-. The highest BCUT2D eigenvalue weighted by Crippen LogP contribution is 2.31. The molecule has 2 aromatic carbocycles. The average molecular weight is 917 g/mol. The minimum absolute atomic E-state index is 0.100. The van der Waals surface area contributed by atoms with Gasteiger partial charge in [0.25, 0.3) is 0 Å². The molecule has 2 unspecified atom stereocenters. The summed E-state index contributed by atoms with van der Waals surface area (Å²) in [6.45, 7) is 44.1. The van der Waals surface area contributed by atoms with E-state index in [-0.39, 0.29) is 23.8 Å². The predicted octanol–water partition coefficient (Wildman–Crippen LogP) is 16.8. The maximum atomic E-state index is 13.7. The SMILES string of the molecule is C/C=C(\C=NC(C)=C(C)C)CC.C=C(/C=C\C)CC.CCCC(C)CCC(C)C.CCCN(CCC)c1ccc(C(C)(C)C(C)=N)c(C)c1.Cc1cc(F)c(C2CCC(=O)NC2=O)c(F)c1. The Morgan fingerprint density at radius 2 is 1.47 bits per heavy atom. The van der Waals surface area contributed by atoms with E-state index < -0.39 is 29.4 Å². The molecule has 2 aromatic rings. The maximum Gasteiger partial charge on any atom is 0.234 e. The molecule has 2 N–H and O–H groups in total. The van der Waals surface area contributed by atoms with Gasteiger partial charge in [0.2, 0.25) is 11.8 Å². The van der Waals surface area contributed by atoms with Crippen LogP contribution in [0.1, 0.15) is 203 Å². The summed E-state index contributed by atoms with van der Waals surface area (Å²) in [6.07, 6.45) is 18.4. The Bertz CT molecular complexity index is 1870. The summed E-state index contributed by atoms with van der Waals surface area (Å²) in [5.41, 5.74) is 9.48. The highest BCUT2D eigenvalue weighted by Gasteiger charge is 2.32. The summed E-state index contributed by atoms with van der Waals surface area (Å²) in [5, 5.41) is 10.1. The number of hydrogen-bond acceptors (Lipinski definition) is 5. The first-order valence-electron chi connectivity index (χ1n) is 24.8. The van der Waals surface area contributed by atoms with E-state index in [1.54, 1.807) is 6.92 Å². The Balaban J connectivity index is 0. The molecule has 66 heavy (non-hydrogen) atoms. The van der Waals surface area contributed by atoms with Crippen LogP contribution in [-0.2, 0) is 15.0 Å². The number of carbonyl (C=O) groups excluding carboxylic acids is 2. The molecule has 3 rings (SSSR count). The highest BCUT2D eigenvalue weighted by atomic mass is 19.1. The van der Waals surface area contributed by atoms with Gasteiger partial charge in [-0.2, -0.15) is 0 Å². The fraction of sp³-hybridized carbons (Fsp3) is 0.586. The van der Waals surface area contributed by atoms with Gasteiger partial charge >= 0.3 is 0 Å². The normalized spacial score (nSPS) is 14.1. The minimum atomic E-state index is -0.923. The van der Waals surface area contributed by atoms with E-state index in [9.17, 15) is 18.4 Å². The number of anilines is 1. The number of carbonyl (C=O) groups is 2. The van der Waals surface area contributed by atoms with Crippen LogP contribution in [-0.4, -0.2) is 36.8 Å². The lowest BCUT2D eigenvalue weighted by Gasteiger charge is -2.29. The number of rotatable bonds is 18. The number of aliphatic imine (C=N–C) groups is 1. The van der Waals surface area contributed by atoms with Crippen molar-refractivity contribution in [2.45, 2.75) is 200 Å². The predicted molar refractivity (Wildman–Crippen MR) is 286 cm³/mol. The van der Waals surface area contributed by atoms with Crippen LogP contribution >= 0.6 is 0 Å². The number of imide groups is 1. The number of halogens is 2. The molecule has 372 valence electrons. The van der Waals surface area contributed by atoms with Crippen molar-refractivity contribution >= 4 is 29.4 Å². The van der Waals surface area contributed by atoms with Crippen LogP contribution in [0.3, 0.4) is 0 Å². The molecule has 2 amide bonds. The van der Waals surface area contributed by atoms with Crippen molar-refractivity contribution in [3.05, 3.63) is 111 Å². The molecular formula is C58H94F2N4O2. The van der Waals surface area contributed by atoms with E-state index in [0.717, 1.165) is 43.5 Å². The first kappa shape index (κ1) is 63.6. The molecule has 1 saturated heterocycles. The van der Waals surface area contributed by atoms with Gasteiger partial charge in [0.05, 0.1) is 5.92 Å². The van der Waals surface area contributed by atoms with E-state index >= 15 is 0 Å². The molecule has 1 aliphatic heterocycles. The van der Waals surface area contributed by atoms with E-state index in [1.807, 2.05) is 46.1 Å². The number of aryl methyl sites for hydroxylation is 2. The van der Waals surface area contributed by atoms with Crippen LogP contribution in [0.4, 0.5) is 14.5 Å². The van der Waals surface area contributed by atoms with E-state index in [2.05, 4.69) is 136 Å². The quantitative estimate of drug-likeness (QED) is 0.0887. The van der Waals surface area contributed by atoms with Crippen LogP contribution in [0.25, 0.3) is 0 Å². The molecule has 0 aromatic heterocycles. The lowest BCUT2D eigenvalue weighted by Crippen LogP contribution is -2.40. The number of allylic oxidation sites excluding steroid dienone is 7. The van der Waals surface area contributed by atoms with Crippen molar-refractivity contribution < 1.29 is 18.4 Å². The lowest BCUT2D eigenvalue weighted by molar-refractivity contribution is -0.134. The Morgan fingerprint density at radius 3 is 1.86 bits per heavy atom. The zero-order chi connectivity index (χ0) is 51.2. The van der Waals surface area contributed by atoms with Gasteiger partial charge < -0.3 is 10.3 Å². The summed E-state index contributed by atoms with van der Waals surface area (Å²) >= 11 is 0. The molecule has 0 saturated carbocycles. The molecule has 0 aliphatic carbocycles. The molecule has 8 heteroatoms. The smallest absolute Gasteiger partial charge is 0.234 e. The molecule has 0 spiro atoms. The number of hydrogen-bond donors (Lipinski definition) is 2. The first-order valence-corrected chi connectivity index (χ1v) is 24.8. The Hall–Kier alpha value is -4.46. The van der Waals surface area contributed by atoms with Crippen LogP contribution in [0.2, 0.25) is 0 Å². The van der Waals surface area contributed by atoms with E-state index in [1.165, 1.54) is 84.2 Å². The number of amides is 2. The third kappa shape index (κ3) is 25.4. The fourth-order valence-electron chi connectivity index (χ4n) is 6.96. The maximum absolute atomic E-state index is 13.7. The van der Waals surface area contributed by atoms with Crippen molar-refractivity contribution in [1.82, 2.24) is 5.32 Å². The molecule has 1 heterocycles. The van der Waals surface area contributed by atoms with Crippen molar-refractivity contribution in [3.8, 4) is 0 Å². The molecule has 0 bridgehead atoms. The van der Waals surface area contributed by atoms with Gasteiger partial charge in [-0.05, 0) is 146 Å². The summed E-state index contributed by atoms with van der Waals surface area (Å²) in [5.74, 6) is -1.60. The number of nitrogens with one attached hydrogen (secondary N) is 2. The van der Waals surface area contributed by atoms with Crippen molar-refractivity contribution in [2.75, 3.05) is 18.0 Å². The van der Waals surface area contributed by atoms with Crippen LogP contribution in [0, 0.1) is 42.7 Å². The largest absolute Gasteiger partial charge is 0.372 e. The fourth-order valence-corrected chi connectivity index (χ4v) is 6.96. The second kappa shape index (κ2) is 34.8. The number of benzene rings is 2. The van der Waals surface area contributed by atoms with Gasteiger partial charge in [0.1, 0.15) is 11.6 Å². The molecule has 1 aliphatic rings. The molecule has 0 radical (unpaired) electrons. The van der Waals surface area contributed by atoms with Gasteiger partial charge in [-0.15, -0.1) is 0 Å². The second-order valence-corrected chi connectivity index (χ2v) is 18.8. The van der Waals surface area contributed by atoms with Crippen molar-refractivity contribution in [1.29, 1.82) is 5.41 Å². The summed E-state index contributed by atoms with van der Waals surface area (Å²) in [4.78, 5) is 29.3. The molecule has 1 fully saturated rings. The first-order chi connectivity index (χ1) is 30.9.